The molecule has 19 heavy (non-hydrogen) atoms. The number of aromatic hydroxyl groups is 2. The third-order valence-electron chi connectivity index (χ3n) is 2.09. The van der Waals surface area contributed by atoms with Gasteiger partial charge in [-0.25, -0.2) is 0 Å². The van der Waals surface area contributed by atoms with Crippen LogP contribution in [0.1, 0.15) is 26.7 Å². The van der Waals surface area contributed by atoms with Crippen molar-refractivity contribution in [2.24, 2.45) is 5.41 Å². The maximum absolute atomic E-state index is 10.2. The minimum Gasteiger partial charge on any atom is -0.508 e. The Bertz CT molecular complexity index is 403. The van der Waals surface area contributed by atoms with Crippen LogP contribution in [0.2, 0.25) is 0 Å². The Morgan fingerprint density at radius 3 is 1.58 bits per heavy atom. The molecule has 1 aromatic carbocycles. The largest absolute Gasteiger partial charge is 0.508 e. The molecule has 0 spiro atoms. The van der Waals surface area contributed by atoms with Gasteiger partial charge in [-0.3, -0.25) is 9.59 Å². The van der Waals surface area contributed by atoms with E-state index in [2.05, 4.69) is 0 Å². The number of carboxylic acid groups (broad SMARTS) is 2. The Balaban J connectivity index is 0.000000356. The molecule has 0 unspecified atom stereocenters. The van der Waals surface area contributed by atoms with Crippen LogP contribution in [-0.2, 0) is 9.59 Å². The number of carbonyl (C=O) groups is 2. The van der Waals surface area contributed by atoms with Gasteiger partial charge in [0.15, 0.2) is 0 Å². The average molecular weight is 270 g/mol. The third-order valence-corrected chi connectivity index (χ3v) is 2.09. The number of aliphatic carboxylic acids is 2. The van der Waals surface area contributed by atoms with Crippen molar-refractivity contribution in [1.82, 2.24) is 0 Å². The van der Waals surface area contributed by atoms with Gasteiger partial charge in [-0.1, -0.05) is 19.9 Å². The first-order chi connectivity index (χ1) is 8.62. The predicted octanol–water partition coefficient (Wildman–Crippen LogP) is 2.06. The van der Waals surface area contributed by atoms with Crippen LogP contribution >= 0.6 is 0 Å². The molecule has 6 nitrogen and oxygen atoms in total. The van der Waals surface area contributed by atoms with Crippen LogP contribution in [0.4, 0.5) is 0 Å². The summed E-state index contributed by atoms with van der Waals surface area (Å²) < 4.78 is 0. The Morgan fingerprint density at radius 1 is 1.00 bits per heavy atom. The van der Waals surface area contributed by atoms with Crippen LogP contribution in [0.15, 0.2) is 24.3 Å². The minimum atomic E-state index is -0.962. The minimum absolute atomic E-state index is 0.0880. The standard InChI is InChI=1S/C7H12O4.C6H6O2/c1-7(2,3-5(8)9)4-6(10)11;7-5-2-1-3-6(8)4-5/h3-4H2,1-2H3,(H,8,9)(H,10,11);1-4,7-8H. The Labute approximate surface area is 110 Å². The molecular formula is C13H18O6. The van der Waals surface area contributed by atoms with Gasteiger partial charge in [0.2, 0.25) is 0 Å². The fraction of sp³-hybridized carbons (Fsp3) is 0.385. The molecule has 1 aromatic rings. The van der Waals surface area contributed by atoms with Crippen molar-refractivity contribution >= 4 is 11.9 Å². The van der Waals surface area contributed by atoms with Crippen molar-refractivity contribution < 1.29 is 30.0 Å². The van der Waals surface area contributed by atoms with E-state index in [1.807, 2.05) is 0 Å². The SMILES string of the molecule is CC(C)(CC(=O)O)CC(=O)O.Oc1cccc(O)c1. The number of rotatable bonds is 4. The zero-order chi connectivity index (χ0) is 15.1. The molecule has 0 bridgehead atoms. The van der Waals surface area contributed by atoms with Crippen molar-refractivity contribution in [2.45, 2.75) is 26.7 Å². The second-order valence-corrected chi connectivity index (χ2v) is 4.83. The highest BCUT2D eigenvalue weighted by atomic mass is 16.4. The highest BCUT2D eigenvalue weighted by Crippen LogP contribution is 2.24. The zero-order valence-electron chi connectivity index (χ0n) is 10.8. The molecule has 6 heteroatoms. The first kappa shape index (κ1) is 16.8. The number of phenolic OH excluding ortho intramolecular Hbond substituents is 2. The maximum atomic E-state index is 10.2. The van der Waals surface area contributed by atoms with Gasteiger partial charge in [-0.15, -0.1) is 0 Å². The molecule has 0 saturated heterocycles. The monoisotopic (exact) mass is 270 g/mol. The molecule has 0 radical (unpaired) electrons. The second kappa shape index (κ2) is 7.25. The van der Waals surface area contributed by atoms with Gasteiger partial charge < -0.3 is 20.4 Å². The summed E-state index contributed by atoms with van der Waals surface area (Å²) in [5, 5.41) is 34.0. The van der Waals surface area contributed by atoms with E-state index in [-0.39, 0.29) is 24.3 Å². The molecule has 0 aliphatic heterocycles. The first-order valence-corrected chi connectivity index (χ1v) is 5.54. The van der Waals surface area contributed by atoms with E-state index >= 15 is 0 Å². The van der Waals surface area contributed by atoms with Gasteiger partial charge in [-0.2, -0.15) is 0 Å². The van der Waals surface area contributed by atoms with Crippen molar-refractivity contribution in [3.63, 3.8) is 0 Å². The maximum Gasteiger partial charge on any atom is 0.303 e. The summed E-state index contributed by atoms with van der Waals surface area (Å²) in [5.74, 6) is -1.75. The number of hydrogen-bond acceptors (Lipinski definition) is 4. The molecular weight excluding hydrogens is 252 g/mol. The van der Waals surface area contributed by atoms with Crippen LogP contribution in [0.5, 0.6) is 11.5 Å². The summed E-state index contributed by atoms with van der Waals surface area (Å²) in [4.78, 5) is 20.4. The molecule has 0 aliphatic rings. The summed E-state index contributed by atoms with van der Waals surface area (Å²) in [6.07, 6.45) is -0.224. The molecule has 0 aliphatic carbocycles. The van der Waals surface area contributed by atoms with Crippen LogP contribution in [-0.4, -0.2) is 32.4 Å². The number of hydrogen-bond donors (Lipinski definition) is 4. The van der Waals surface area contributed by atoms with Crippen LogP contribution in [0.3, 0.4) is 0 Å². The topological polar surface area (TPSA) is 115 Å². The second-order valence-electron chi connectivity index (χ2n) is 4.83. The Kier molecular flexibility index (Phi) is 6.40. The molecule has 106 valence electrons. The van der Waals surface area contributed by atoms with Crippen molar-refractivity contribution in [3.05, 3.63) is 24.3 Å². The van der Waals surface area contributed by atoms with E-state index in [0.717, 1.165) is 0 Å². The normalized spacial score (nSPS) is 10.2. The molecule has 0 saturated carbocycles. The van der Waals surface area contributed by atoms with E-state index in [1.54, 1.807) is 19.9 Å². The lowest BCUT2D eigenvalue weighted by atomic mass is 9.86. The van der Waals surface area contributed by atoms with E-state index in [9.17, 15) is 9.59 Å². The van der Waals surface area contributed by atoms with Crippen LogP contribution in [0.25, 0.3) is 0 Å². The molecule has 1 rings (SSSR count). The fourth-order valence-corrected chi connectivity index (χ4v) is 1.37. The van der Waals surface area contributed by atoms with Gasteiger partial charge in [-0.05, 0) is 17.5 Å². The lowest BCUT2D eigenvalue weighted by molar-refractivity contribution is -0.142. The predicted molar refractivity (Wildman–Crippen MR) is 68.1 cm³/mol. The van der Waals surface area contributed by atoms with E-state index in [4.69, 9.17) is 20.4 Å². The van der Waals surface area contributed by atoms with Crippen molar-refractivity contribution in [1.29, 1.82) is 0 Å². The smallest absolute Gasteiger partial charge is 0.303 e. The average Bonchev–Trinajstić information content (AvgIpc) is 2.12. The van der Waals surface area contributed by atoms with E-state index in [1.165, 1.54) is 18.2 Å². The van der Waals surface area contributed by atoms with Crippen molar-refractivity contribution in [3.8, 4) is 11.5 Å². The van der Waals surface area contributed by atoms with Crippen molar-refractivity contribution in [2.75, 3.05) is 0 Å². The lowest BCUT2D eigenvalue weighted by Crippen LogP contribution is -2.20. The summed E-state index contributed by atoms with van der Waals surface area (Å²) in [6.45, 7) is 3.24. The molecule has 0 fully saturated rings. The van der Waals surface area contributed by atoms with Crippen LogP contribution < -0.4 is 0 Å². The Hall–Kier alpha value is -2.24. The molecule has 4 N–H and O–H groups in total. The number of phenols is 2. The molecule has 0 aromatic heterocycles. The first-order valence-electron chi connectivity index (χ1n) is 5.54. The summed E-state index contributed by atoms with van der Waals surface area (Å²) in [5.41, 5.74) is -0.655. The van der Waals surface area contributed by atoms with Gasteiger partial charge in [0.1, 0.15) is 11.5 Å². The van der Waals surface area contributed by atoms with E-state index < -0.39 is 17.4 Å². The number of benzene rings is 1. The molecule has 0 atom stereocenters. The summed E-state index contributed by atoms with van der Waals surface area (Å²) >= 11 is 0. The third kappa shape index (κ3) is 9.46. The Morgan fingerprint density at radius 2 is 1.37 bits per heavy atom. The van der Waals surface area contributed by atoms with Gasteiger partial charge in [0.25, 0.3) is 0 Å². The number of carboxylic acids is 2. The molecule has 0 heterocycles. The highest BCUT2D eigenvalue weighted by Gasteiger charge is 2.24. The van der Waals surface area contributed by atoms with E-state index in [0.29, 0.717) is 0 Å². The molecule has 0 amide bonds. The highest BCUT2D eigenvalue weighted by molar-refractivity contribution is 5.71. The van der Waals surface area contributed by atoms with Gasteiger partial charge in [0, 0.05) is 6.07 Å². The quantitative estimate of drug-likeness (QED) is 0.665. The van der Waals surface area contributed by atoms with Gasteiger partial charge >= 0.3 is 11.9 Å². The summed E-state index contributed by atoms with van der Waals surface area (Å²) in [7, 11) is 0. The zero-order valence-corrected chi connectivity index (χ0v) is 10.8. The van der Waals surface area contributed by atoms with Gasteiger partial charge in [0.05, 0.1) is 12.8 Å². The summed E-state index contributed by atoms with van der Waals surface area (Å²) in [6, 6.07) is 5.85. The fourth-order valence-electron chi connectivity index (χ4n) is 1.37. The lowest BCUT2D eigenvalue weighted by Gasteiger charge is -2.18. The van der Waals surface area contributed by atoms with Crippen LogP contribution in [0, 0.1) is 5.41 Å².